The normalized spacial score (nSPS) is 16.4. The van der Waals surface area contributed by atoms with Gasteiger partial charge in [-0.3, -0.25) is 0 Å². The van der Waals surface area contributed by atoms with Crippen molar-refractivity contribution in [1.82, 2.24) is 10.3 Å². The van der Waals surface area contributed by atoms with Gasteiger partial charge in [0.15, 0.2) is 17.3 Å². The van der Waals surface area contributed by atoms with Crippen LogP contribution in [-0.4, -0.2) is 31.2 Å². The summed E-state index contributed by atoms with van der Waals surface area (Å²) in [5.41, 5.74) is 1.77. The lowest BCUT2D eigenvalue weighted by Crippen LogP contribution is -2.43. The molecule has 1 fully saturated rings. The minimum atomic E-state index is -0.326. The maximum atomic E-state index is 14.0. The summed E-state index contributed by atoms with van der Waals surface area (Å²) in [4.78, 5) is 6.46. The van der Waals surface area contributed by atoms with Crippen molar-refractivity contribution in [3.63, 3.8) is 0 Å². The summed E-state index contributed by atoms with van der Waals surface area (Å²) in [7, 11) is 0. The number of aromatic nitrogens is 1. The second-order valence-electron chi connectivity index (χ2n) is 4.47. The van der Waals surface area contributed by atoms with Crippen molar-refractivity contribution in [2.75, 3.05) is 31.1 Å². The van der Waals surface area contributed by atoms with Gasteiger partial charge < -0.3 is 14.6 Å². The lowest BCUT2D eigenvalue weighted by atomic mass is 10.2. The van der Waals surface area contributed by atoms with Gasteiger partial charge in [0.05, 0.1) is 0 Å². The van der Waals surface area contributed by atoms with E-state index in [4.69, 9.17) is 4.42 Å². The molecule has 0 bridgehead atoms. The third kappa shape index (κ3) is 1.95. The summed E-state index contributed by atoms with van der Waals surface area (Å²) in [6, 6.07) is 3.45. The molecule has 0 aliphatic carbocycles. The molecule has 0 radical (unpaired) electrons. The molecular weight excluding hydrogens is 233 g/mol. The number of halogens is 1. The zero-order chi connectivity index (χ0) is 12.5. The molecule has 1 N–H and O–H groups in total. The van der Waals surface area contributed by atoms with E-state index >= 15 is 0 Å². The minimum absolute atomic E-state index is 0.269. The van der Waals surface area contributed by atoms with Crippen molar-refractivity contribution in [2.24, 2.45) is 0 Å². The largest absolute Gasteiger partial charge is 0.438 e. The van der Waals surface area contributed by atoms with E-state index < -0.39 is 0 Å². The van der Waals surface area contributed by atoms with Gasteiger partial charge >= 0.3 is 0 Å². The highest BCUT2D eigenvalue weighted by Gasteiger charge is 2.16. The molecule has 0 unspecified atom stereocenters. The van der Waals surface area contributed by atoms with E-state index in [1.54, 1.807) is 0 Å². The summed E-state index contributed by atoms with van der Waals surface area (Å²) in [6.45, 7) is 5.59. The molecule has 1 aliphatic heterocycles. The molecule has 0 spiro atoms. The number of nitrogens with one attached hydrogen (secondary N) is 1. The van der Waals surface area contributed by atoms with Gasteiger partial charge in [-0.25, -0.2) is 9.37 Å². The fraction of sp³-hybridized carbons (Fsp3) is 0.462. The summed E-state index contributed by atoms with van der Waals surface area (Å²) >= 11 is 0. The molecule has 1 aromatic carbocycles. The average Bonchev–Trinajstić information content (AvgIpc) is 2.83. The van der Waals surface area contributed by atoms with E-state index in [1.165, 1.54) is 6.07 Å². The number of piperazine rings is 1. The van der Waals surface area contributed by atoms with Gasteiger partial charge in [-0.15, -0.1) is 0 Å². The van der Waals surface area contributed by atoms with Crippen molar-refractivity contribution in [2.45, 2.75) is 13.3 Å². The van der Waals surface area contributed by atoms with Crippen LogP contribution in [0, 0.1) is 5.82 Å². The number of nitrogens with zero attached hydrogens (tertiary/aromatic N) is 2. The van der Waals surface area contributed by atoms with Crippen LogP contribution >= 0.6 is 0 Å². The Morgan fingerprint density at radius 1 is 1.39 bits per heavy atom. The second-order valence-corrected chi connectivity index (χ2v) is 4.47. The standard InChI is InChI=1S/C13H16FN3O/c1-2-12-16-11-8-9(7-10(14)13(11)18-12)17-5-3-15-4-6-17/h7-8,15H,2-6H2,1H3. The zero-order valence-electron chi connectivity index (χ0n) is 10.4. The highest BCUT2D eigenvalue weighted by molar-refractivity contribution is 5.78. The predicted molar refractivity (Wildman–Crippen MR) is 68.4 cm³/mol. The first-order valence-electron chi connectivity index (χ1n) is 6.32. The van der Waals surface area contributed by atoms with Gasteiger partial charge in [-0.05, 0) is 6.07 Å². The second kappa shape index (κ2) is 4.57. The molecule has 1 saturated heterocycles. The molecule has 1 aromatic heterocycles. The van der Waals surface area contributed by atoms with Crippen LogP contribution in [0.25, 0.3) is 11.1 Å². The number of oxazole rings is 1. The molecular formula is C13H16FN3O. The lowest BCUT2D eigenvalue weighted by molar-refractivity contribution is 0.511. The first-order chi connectivity index (χ1) is 8.78. The van der Waals surface area contributed by atoms with Crippen molar-refractivity contribution in [3.05, 3.63) is 23.8 Å². The van der Waals surface area contributed by atoms with Gasteiger partial charge in [0.25, 0.3) is 0 Å². The Morgan fingerprint density at radius 2 is 2.17 bits per heavy atom. The van der Waals surface area contributed by atoms with Crippen LogP contribution in [0.5, 0.6) is 0 Å². The van der Waals surface area contributed by atoms with E-state index in [0.29, 0.717) is 17.8 Å². The Labute approximate surface area is 105 Å². The molecule has 0 amide bonds. The maximum absolute atomic E-state index is 14.0. The van der Waals surface area contributed by atoms with Crippen LogP contribution in [0.2, 0.25) is 0 Å². The number of hydrogen-bond acceptors (Lipinski definition) is 4. The van der Waals surface area contributed by atoms with Crippen LogP contribution in [0.1, 0.15) is 12.8 Å². The molecule has 0 saturated carbocycles. The van der Waals surface area contributed by atoms with E-state index in [2.05, 4.69) is 15.2 Å². The number of rotatable bonds is 2. The fourth-order valence-corrected chi connectivity index (χ4v) is 2.28. The Bertz CT molecular complexity index is 561. The quantitative estimate of drug-likeness (QED) is 0.883. The predicted octanol–water partition coefficient (Wildman–Crippen LogP) is 1.94. The molecule has 0 atom stereocenters. The van der Waals surface area contributed by atoms with Gasteiger partial charge in [-0.1, -0.05) is 6.92 Å². The lowest BCUT2D eigenvalue weighted by Gasteiger charge is -2.29. The molecule has 18 heavy (non-hydrogen) atoms. The van der Waals surface area contributed by atoms with Gasteiger partial charge in [0.1, 0.15) is 5.52 Å². The van der Waals surface area contributed by atoms with Crippen molar-refractivity contribution >= 4 is 16.8 Å². The smallest absolute Gasteiger partial charge is 0.195 e. The van der Waals surface area contributed by atoms with E-state index in [0.717, 1.165) is 31.9 Å². The third-order valence-electron chi connectivity index (χ3n) is 3.26. The van der Waals surface area contributed by atoms with Gasteiger partial charge in [-0.2, -0.15) is 0 Å². The molecule has 2 aromatic rings. The third-order valence-corrected chi connectivity index (χ3v) is 3.26. The first-order valence-corrected chi connectivity index (χ1v) is 6.32. The molecule has 96 valence electrons. The molecule has 5 heteroatoms. The Kier molecular flexibility index (Phi) is 2.91. The summed E-state index contributed by atoms with van der Waals surface area (Å²) in [5.74, 6) is 0.259. The molecule has 2 heterocycles. The van der Waals surface area contributed by atoms with Crippen LogP contribution in [-0.2, 0) is 6.42 Å². The number of fused-ring (bicyclic) bond motifs is 1. The number of anilines is 1. The SMILES string of the molecule is CCc1nc2cc(N3CCNCC3)cc(F)c2o1. The Balaban J connectivity index is 2.02. The summed E-state index contributed by atoms with van der Waals surface area (Å²) in [6.07, 6.45) is 0.678. The molecule has 4 nitrogen and oxygen atoms in total. The van der Waals surface area contributed by atoms with Crippen molar-refractivity contribution < 1.29 is 8.81 Å². The van der Waals surface area contributed by atoms with Gasteiger partial charge in [0, 0.05) is 44.4 Å². The van der Waals surface area contributed by atoms with Crippen molar-refractivity contribution in [1.29, 1.82) is 0 Å². The van der Waals surface area contributed by atoms with Gasteiger partial charge in [0.2, 0.25) is 0 Å². The van der Waals surface area contributed by atoms with Crippen LogP contribution in [0.4, 0.5) is 10.1 Å². The van der Waals surface area contributed by atoms with Crippen molar-refractivity contribution in [3.8, 4) is 0 Å². The highest BCUT2D eigenvalue weighted by atomic mass is 19.1. The van der Waals surface area contributed by atoms with Crippen LogP contribution < -0.4 is 10.2 Å². The monoisotopic (exact) mass is 249 g/mol. The molecule has 3 rings (SSSR count). The first kappa shape index (κ1) is 11.5. The van der Waals surface area contributed by atoms with E-state index in [1.807, 2.05) is 13.0 Å². The Hall–Kier alpha value is -1.62. The summed E-state index contributed by atoms with van der Waals surface area (Å²) < 4.78 is 19.3. The fourth-order valence-electron chi connectivity index (χ4n) is 2.28. The zero-order valence-corrected chi connectivity index (χ0v) is 10.4. The van der Waals surface area contributed by atoms with Crippen LogP contribution in [0.3, 0.4) is 0 Å². The summed E-state index contributed by atoms with van der Waals surface area (Å²) in [5, 5.41) is 3.28. The average molecular weight is 249 g/mol. The number of benzene rings is 1. The molecule has 1 aliphatic rings. The Morgan fingerprint density at radius 3 is 2.89 bits per heavy atom. The number of aryl methyl sites for hydroxylation is 1. The minimum Gasteiger partial charge on any atom is -0.438 e. The highest BCUT2D eigenvalue weighted by Crippen LogP contribution is 2.26. The van der Waals surface area contributed by atoms with E-state index in [-0.39, 0.29) is 11.4 Å². The maximum Gasteiger partial charge on any atom is 0.195 e. The number of hydrogen-bond donors (Lipinski definition) is 1. The van der Waals surface area contributed by atoms with E-state index in [9.17, 15) is 4.39 Å². The van der Waals surface area contributed by atoms with Crippen LogP contribution in [0.15, 0.2) is 16.5 Å². The topological polar surface area (TPSA) is 41.3 Å².